The molecule has 4 aromatic rings. The first-order chi connectivity index (χ1) is 13.5. The molecule has 0 saturated carbocycles. The summed E-state index contributed by atoms with van der Waals surface area (Å²) in [6, 6.07) is 13.1. The molecule has 138 valence electrons. The number of hydrogen-bond acceptors (Lipinski definition) is 6. The molecular weight excluding hydrogens is 360 g/mol. The highest BCUT2D eigenvalue weighted by molar-refractivity contribution is 6.06. The number of rotatable bonds is 4. The summed E-state index contributed by atoms with van der Waals surface area (Å²) in [7, 11) is 0. The second-order valence-electron chi connectivity index (χ2n) is 6.10. The Kier molecular flexibility index (Phi) is 4.29. The molecule has 2 aromatic heterocycles. The van der Waals surface area contributed by atoms with Gasteiger partial charge < -0.3 is 9.73 Å². The van der Waals surface area contributed by atoms with Crippen LogP contribution in [0.4, 0.5) is 11.4 Å². The molecular formula is C20H14N4O4. The van der Waals surface area contributed by atoms with Crippen LogP contribution in [0.15, 0.2) is 65.3 Å². The van der Waals surface area contributed by atoms with E-state index in [2.05, 4.69) is 15.3 Å². The quantitative estimate of drug-likeness (QED) is 0.420. The number of aromatic nitrogens is 2. The van der Waals surface area contributed by atoms with E-state index < -0.39 is 10.8 Å². The summed E-state index contributed by atoms with van der Waals surface area (Å²) in [4.78, 5) is 31.6. The van der Waals surface area contributed by atoms with Crippen molar-refractivity contribution >= 4 is 28.4 Å². The first-order valence-corrected chi connectivity index (χ1v) is 8.39. The topological polar surface area (TPSA) is 111 Å². The minimum Gasteiger partial charge on any atom is -0.436 e. The zero-order valence-corrected chi connectivity index (χ0v) is 14.7. The van der Waals surface area contributed by atoms with Crippen LogP contribution in [0.1, 0.15) is 15.9 Å². The van der Waals surface area contributed by atoms with Gasteiger partial charge in [-0.05, 0) is 43.3 Å². The lowest BCUT2D eigenvalue weighted by atomic mass is 10.1. The van der Waals surface area contributed by atoms with E-state index in [1.165, 1.54) is 12.1 Å². The van der Waals surface area contributed by atoms with Crippen LogP contribution in [0.25, 0.3) is 22.6 Å². The van der Waals surface area contributed by atoms with Crippen molar-refractivity contribution < 1.29 is 14.1 Å². The first-order valence-electron chi connectivity index (χ1n) is 8.39. The monoisotopic (exact) mass is 374 g/mol. The lowest BCUT2D eigenvalue weighted by Crippen LogP contribution is -2.14. The fourth-order valence-electron chi connectivity index (χ4n) is 2.88. The second-order valence-corrected chi connectivity index (χ2v) is 6.10. The van der Waals surface area contributed by atoms with Crippen molar-refractivity contribution in [3.8, 4) is 11.5 Å². The SMILES string of the molecule is Cc1c(C(=O)Nc2ccc3oc(-c4cccnc4)nc3c2)cccc1[N+](=O)[O-]. The van der Waals surface area contributed by atoms with E-state index in [0.29, 0.717) is 28.2 Å². The van der Waals surface area contributed by atoms with Crippen molar-refractivity contribution in [3.63, 3.8) is 0 Å². The molecule has 0 saturated heterocycles. The molecule has 28 heavy (non-hydrogen) atoms. The van der Waals surface area contributed by atoms with Gasteiger partial charge in [-0.1, -0.05) is 6.07 Å². The number of oxazole rings is 1. The molecule has 0 fully saturated rings. The Hall–Kier alpha value is -4.07. The molecule has 0 atom stereocenters. The van der Waals surface area contributed by atoms with Gasteiger partial charge in [0, 0.05) is 35.3 Å². The third-order valence-electron chi connectivity index (χ3n) is 4.30. The van der Waals surface area contributed by atoms with Gasteiger partial charge in [0.1, 0.15) is 5.52 Å². The second kappa shape index (κ2) is 6.92. The maximum atomic E-state index is 12.6. The summed E-state index contributed by atoms with van der Waals surface area (Å²) < 4.78 is 5.72. The van der Waals surface area contributed by atoms with Crippen molar-refractivity contribution in [1.82, 2.24) is 9.97 Å². The molecule has 4 rings (SSSR count). The number of amides is 1. The van der Waals surface area contributed by atoms with Crippen molar-refractivity contribution in [1.29, 1.82) is 0 Å². The minimum absolute atomic E-state index is 0.0966. The highest BCUT2D eigenvalue weighted by Crippen LogP contribution is 2.27. The lowest BCUT2D eigenvalue weighted by molar-refractivity contribution is -0.385. The van der Waals surface area contributed by atoms with Crippen LogP contribution >= 0.6 is 0 Å². The number of anilines is 1. The van der Waals surface area contributed by atoms with Crippen molar-refractivity contribution in [3.05, 3.63) is 82.2 Å². The normalized spacial score (nSPS) is 10.8. The van der Waals surface area contributed by atoms with E-state index in [1.54, 1.807) is 49.6 Å². The maximum Gasteiger partial charge on any atom is 0.273 e. The largest absolute Gasteiger partial charge is 0.436 e. The Balaban J connectivity index is 1.63. The Labute approximate surface area is 159 Å². The average molecular weight is 374 g/mol. The van der Waals surface area contributed by atoms with Gasteiger partial charge in [-0.25, -0.2) is 4.98 Å². The minimum atomic E-state index is -0.506. The molecule has 8 heteroatoms. The summed E-state index contributed by atoms with van der Waals surface area (Å²) in [6.07, 6.45) is 3.31. The fraction of sp³-hybridized carbons (Fsp3) is 0.0500. The molecule has 0 radical (unpaired) electrons. The summed E-state index contributed by atoms with van der Waals surface area (Å²) in [6.45, 7) is 1.55. The fourth-order valence-corrected chi connectivity index (χ4v) is 2.88. The average Bonchev–Trinajstić information content (AvgIpc) is 3.12. The zero-order valence-electron chi connectivity index (χ0n) is 14.7. The predicted octanol–water partition coefficient (Wildman–Crippen LogP) is 4.36. The smallest absolute Gasteiger partial charge is 0.273 e. The van der Waals surface area contributed by atoms with Gasteiger partial charge >= 0.3 is 0 Å². The van der Waals surface area contributed by atoms with E-state index in [1.807, 2.05) is 6.07 Å². The third-order valence-corrected chi connectivity index (χ3v) is 4.30. The first kappa shape index (κ1) is 17.3. The van der Waals surface area contributed by atoms with E-state index in [9.17, 15) is 14.9 Å². The highest BCUT2D eigenvalue weighted by Gasteiger charge is 2.18. The van der Waals surface area contributed by atoms with Gasteiger partial charge in [-0.3, -0.25) is 19.9 Å². The molecule has 0 unspecified atom stereocenters. The van der Waals surface area contributed by atoms with Crippen LogP contribution in [-0.4, -0.2) is 20.8 Å². The van der Waals surface area contributed by atoms with Gasteiger partial charge in [-0.2, -0.15) is 0 Å². The number of pyridine rings is 1. The number of nitro benzene ring substituents is 1. The van der Waals surface area contributed by atoms with Crippen molar-refractivity contribution in [2.75, 3.05) is 5.32 Å². The zero-order chi connectivity index (χ0) is 19.7. The molecule has 0 aliphatic heterocycles. The van der Waals surface area contributed by atoms with Crippen LogP contribution in [0.3, 0.4) is 0 Å². The lowest BCUT2D eigenvalue weighted by Gasteiger charge is -2.07. The van der Waals surface area contributed by atoms with E-state index in [4.69, 9.17) is 4.42 Å². The van der Waals surface area contributed by atoms with Gasteiger partial charge in [0.2, 0.25) is 5.89 Å². The van der Waals surface area contributed by atoms with Gasteiger partial charge in [0.05, 0.1) is 10.5 Å². The molecule has 0 bridgehead atoms. The Morgan fingerprint density at radius 3 is 2.79 bits per heavy atom. The van der Waals surface area contributed by atoms with Crippen LogP contribution in [-0.2, 0) is 0 Å². The number of hydrogen-bond donors (Lipinski definition) is 1. The van der Waals surface area contributed by atoms with Gasteiger partial charge in [-0.15, -0.1) is 0 Å². The third kappa shape index (κ3) is 3.18. The Morgan fingerprint density at radius 1 is 1.18 bits per heavy atom. The summed E-state index contributed by atoms with van der Waals surface area (Å²) >= 11 is 0. The molecule has 0 aliphatic carbocycles. The number of nitro groups is 1. The molecule has 8 nitrogen and oxygen atoms in total. The number of carbonyl (C=O) groups excluding carboxylic acids is 1. The highest BCUT2D eigenvalue weighted by atomic mass is 16.6. The Morgan fingerprint density at radius 2 is 2.04 bits per heavy atom. The molecule has 0 spiro atoms. The van der Waals surface area contributed by atoms with Crippen molar-refractivity contribution in [2.45, 2.75) is 6.92 Å². The molecule has 0 aliphatic rings. The van der Waals surface area contributed by atoms with Crippen LogP contribution in [0.5, 0.6) is 0 Å². The number of carbonyl (C=O) groups is 1. The van der Waals surface area contributed by atoms with Crippen LogP contribution in [0.2, 0.25) is 0 Å². The van der Waals surface area contributed by atoms with Gasteiger partial charge in [0.25, 0.3) is 11.6 Å². The molecule has 1 amide bonds. The van der Waals surface area contributed by atoms with E-state index in [0.717, 1.165) is 5.56 Å². The number of nitrogens with zero attached hydrogens (tertiary/aromatic N) is 3. The predicted molar refractivity (Wildman–Crippen MR) is 103 cm³/mol. The van der Waals surface area contributed by atoms with Gasteiger partial charge in [0.15, 0.2) is 5.58 Å². The summed E-state index contributed by atoms with van der Waals surface area (Å²) in [5.41, 5.74) is 2.86. The van der Waals surface area contributed by atoms with Crippen LogP contribution in [0, 0.1) is 17.0 Å². The molecule has 2 aromatic carbocycles. The summed E-state index contributed by atoms with van der Waals surface area (Å²) in [5, 5.41) is 13.8. The standard InChI is InChI=1S/C20H14N4O4/c1-12-15(5-2-6-17(12)24(26)27)19(25)22-14-7-8-18-16(10-14)23-20(28-18)13-4-3-9-21-11-13/h2-11H,1H3,(H,22,25). The molecule has 1 N–H and O–H groups in total. The van der Waals surface area contributed by atoms with Crippen molar-refractivity contribution in [2.24, 2.45) is 0 Å². The number of nitrogens with one attached hydrogen (secondary N) is 1. The summed E-state index contributed by atoms with van der Waals surface area (Å²) in [5.74, 6) is -0.00219. The van der Waals surface area contributed by atoms with E-state index in [-0.39, 0.29) is 11.3 Å². The molecule has 2 heterocycles. The number of benzene rings is 2. The van der Waals surface area contributed by atoms with Crippen LogP contribution < -0.4 is 5.32 Å². The Bertz CT molecular complexity index is 1200. The maximum absolute atomic E-state index is 12.6. The number of fused-ring (bicyclic) bond motifs is 1. The van der Waals surface area contributed by atoms with E-state index >= 15 is 0 Å².